The number of carbonyl (C=O) groups excluding carboxylic acids is 1. The third-order valence-corrected chi connectivity index (χ3v) is 6.15. The molecule has 2 heterocycles. The highest BCUT2D eigenvalue weighted by atomic mass is 35.5. The molecule has 0 bridgehead atoms. The highest BCUT2D eigenvalue weighted by Gasteiger charge is 2.43. The molecule has 1 aliphatic heterocycles. The number of benzene rings is 2. The van der Waals surface area contributed by atoms with Gasteiger partial charge in [-0.2, -0.15) is 0 Å². The lowest BCUT2D eigenvalue weighted by Crippen LogP contribution is -2.42. The number of nitrogens with zero attached hydrogens (tertiary/aromatic N) is 2. The van der Waals surface area contributed by atoms with Gasteiger partial charge in [0, 0.05) is 22.6 Å². The zero-order chi connectivity index (χ0) is 23.1. The Morgan fingerprint density at radius 1 is 1.25 bits per heavy atom. The number of pyridine rings is 1. The van der Waals surface area contributed by atoms with Crippen molar-refractivity contribution in [3.05, 3.63) is 70.6 Å². The van der Waals surface area contributed by atoms with E-state index < -0.39 is 11.1 Å². The van der Waals surface area contributed by atoms with E-state index in [-0.39, 0.29) is 11.9 Å². The van der Waals surface area contributed by atoms with Crippen molar-refractivity contribution in [1.29, 1.82) is 0 Å². The molecule has 32 heavy (non-hydrogen) atoms. The van der Waals surface area contributed by atoms with Gasteiger partial charge in [-0.25, -0.2) is 9.18 Å². The van der Waals surface area contributed by atoms with Crippen molar-refractivity contribution < 1.29 is 13.9 Å². The van der Waals surface area contributed by atoms with Crippen LogP contribution in [0.5, 0.6) is 0 Å². The summed E-state index contributed by atoms with van der Waals surface area (Å²) in [6.45, 7) is 8.54. The van der Waals surface area contributed by atoms with Crippen LogP contribution in [0.3, 0.4) is 0 Å². The molecule has 1 fully saturated rings. The number of carbonyl (C=O) groups is 1. The second-order valence-electron chi connectivity index (χ2n) is 9.33. The molecule has 1 N–H and O–H groups in total. The summed E-state index contributed by atoms with van der Waals surface area (Å²) in [6.07, 6.45) is 1.56. The third kappa shape index (κ3) is 4.51. The largest absolute Gasteiger partial charge is 0.444 e. The van der Waals surface area contributed by atoms with Gasteiger partial charge < -0.3 is 15.0 Å². The van der Waals surface area contributed by atoms with Gasteiger partial charge in [-0.15, -0.1) is 0 Å². The Labute approximate surface area is 192 Å². The first-order valence-electron chi connectivity index (χ1n) is 10.6. The van der Waals surface area contributed by atoms with Crippen LogP contribution in [0, 0.1) is 12.7 Å². The average Bonchev–Trinajstić information content (AvgIpc) is 3.14. The minimum absolute atomic E-state index is 0.337. The summed E-state index contributed by atoms with van der Waals surface area (Å²) < 4.78 is 19.1. The van der Waals surface area contributed by atoms with Crippen LogP contribution in [0.1, 0.15) is 38.3 Å². The molecule has 1 aliphatic rings. The van der Waals surface area contributed by atoms with E-state index in [2.05, 4.69) is 10.3 Å². The molecule has 0 radical (unpaired) electrons. The lowest BCUT2D eigenvalue weighted by molar-refractivity contribution is 0.0286. The van der Waals surface area contributed by atoms with Crippen LogP contribution < -0.4 is 5.32 Å². The molecule has 0 saturated carbocycles. The topological polar surface area (TPSA) is 54.5 Å². The van der Waals surface area contributed by atoms with Crippen LogP contribution >= 0.6 is 11.6 Å². The van der Waals surface area contributed by atoms with E-state index in [9.17, 15) is 9.18 Å². The molecule has 1 atom stereocenters. The van der Waals surface area contributed by atoms with Gasteiger partial charge in [0.2, 0.25) is 0 Å². The lowest BCUT2D eigenvalue weighted by Gasteiger charge is -2.34. The summed E-state index contributed by atoms with van der Waals surface area (Å²) >= 11 is 6.46. The van der Waals surface area contributed by atoms with Crippen molar-refractivity contribution in [3.63, 3.8) is 0 Å². The van der Waals surface area contributed by atoms with Crippen molar-refractivity contribution in [1.82, 2.24) is 9.88 Å². The van der Waals surface area contributed by atoms with Crippen molar-refractivity contribution in [2.75, 3.05) is 18.4 Å². The maximum Gasteiger partial charge on any atom is 0.410 e. The van der Waals surface area contributed by atoms with E-state index in [1.807, 2.05) is 64.1 Å². The fraction of sp³-hybridized carbons (Fsp3) is 0.360. The minimum Gasteiger partial charge on any atom is -0.444 e. The van der Waals surface area contributed by atoms with E-state index >= 15 is 0 Å². The van der Waals surface area contributed by atoms with E-state index in [0.717, 1.165) is 22.2 Å². The van der Waals surface area contributed by atoms with E-state index in [1.54, 1.807) is 4.90 Å². The van der Waals surface area contributed by atoms with Gasteiger partial charge >= 0.3 is 6.09 Å². The Hall–Kier alpha value is -2.86. The Morgan fingerprint density at radius 2 is 2.03 bits per heavy atom. The van der Waals surface area contributed by atoms with Gasteiger partial charge in [0.25, 0.3) is 0 Å². The van der Waals surface area contributed by atoms with Crippen LogP contribution in [-0.2, 0) is 10.3 Å². The molecule has 7 heteroatoms. The van der Waals surface area contributed by atoms with E-state index in [1.165, 1.54) is 12.3 Å². The van der Waals surface area contributed by atoms with Gasteiger partial charge in [-0.3, -0.25) is 4.98 Å². The zero-order valence-corrected chi connectivity index (χ0v) is 19.5. The number of hydrogen-bond donors (Lipinski definition) is 1. The van der Waals surface area contributed by atoms with Gasteiger partial charge in [-0.1, -0.05) is 29.8 Å². The zero-order valence-electron chi connectivity index (χ0n) is 18.7. The lowest BCUT2D eigenvalue weighted by atomic mass is 9.85. The van der Waals surface area contributed by atoms with E-state index in [0.29, 0.717) is 30.0 Å². The molecule has 0 spiro atoms. The second-order valence-corrected chi connectivity index (χ2v) is 9.74. The molecule has 3 aromatic rings. The van der Waals surface area contributed by atoms with Crippen LogP contribution in [0.15, 0.2) is 48.7 Å². The Balaban J connectivity index is 1.71. The Kier molecular flexibility index (Phi) is 5.76. The SMILES string of the molecule is Cc1c(Cl)cccc1[C@]1(Nc2ccc3cc(F)cnc3c2)CCN(C(=O)OC(C)(C)C)C1. The number of nitrogens with one attached hydrogen (secondary N) is 1. The van der Waals surface area contributed by atoms with E-state index in [4.69, 9.17) is 16.3 Å². The summed E-state index contributed by atoms with van der Waals surface area (Å²) in [5.74, 6) is -0.368. The number of ether oxygens (including phenoxy) is 1. The molecule has 4 rings (SSSR count). The number of fused-ring (bicyclic) bond motifs is 1. The summed E-state index contributed by atoms with van der Waals surface area (Å²) in [5.41, 5.74) is 2.40. The highest BCUT2D eigenvalue weighted by Crippen LogP contribution is 2.40. The maximum atomic E-state index is 13.5. The molecule has 1 aromatic heterocycles. The fourth-order valence-electron chi connectivity index (χ4n) is 4.26. The smallest absolute Gasteiger partial charge is 0.410 e. The fourth-order valence-corrected chi connectivity index (χ4v) is 4.43. The number of aromatic nitrogens is 1. The van der Waals surface area contributed by atoms with Gasteiger partial charge in [-0.05, 0) is 69.5 Å². The van der Waals surface area contributed by atoms with Crippen LogP contribution in [0.2, 0.25) is 5.02 Å². The second kappa shape index (κ2) is 8.24. The van der Waals surface area contributed by atoms with Crippen molar-refractivity contribution in [3.8, 4) is 0 Å². The molecule has 1 saturated heterocycles. The summed E-state index contributed by atoms with van der Waals surface area (Å²) in [5, 5.41) is 5.05. The highest BCUT2D eigenvalue weighted by molar-refractivity contribution is 6.31. The Morgan fingerprint density at radius 3 is 2.78 bits per heavy atom. The van der Waals surface area contributed by atoms with Crippen molar-refractivity contribution >= 4 is 34.3 Å². The molecular formula is C25H27ClFN3O2. The standard InChI is InChI=1S/C25H27ClFN3O2/c1-16-20(6-5-7-21(16)26)25(10-11-30(15-25)23(31)32-24(2,3)4)29-19-9-8-17-12-18(27)14-28-22(17)13-19/h5-9,12-14,29H,10-11,15H2,1-4H3/t25-/m0/s1. The number of anilines is 1. The van der Waals surface area contributed by atoms with Crippen LogP contribution in [-0.4, -0.2) is 34.7 Å². The first-order valence-corrected chi connectivity index (χ1v) is 11.0. The van der Waals surface area contributed by atoms with Crippen LogP contribution in [0.4, 0.5) is 14.9 Å². The third-order valence-electron chi connectivity index (χ3n) is 5.74. The predicted molar refractivity (Wildman–Crippen MR) is 126 cm³/mol. The molecule has 0 unspecified atom stereocenters. The molecule has 168 valence electrons. The van der Waals surface area contributed by atoms with Gasteiger partial charge in [0.15, 0.2) is 0 Å². The molecule has 0 aliphatic carbocycles. The molecule has 2 aromatic carbocycles. The summed E-state index contributed by atoms with van der Waals surface area (Å²) in [7, 11) is 0. The number of hydrogen-bond acceptors (Lipinski definition) is 4. The monoisotopic (exact) mass is 455 g/mol. The van der Waals surface area contributed by atoms with Crippen molar-refractivity contribution in [2.24, 2.45) is 0 Å². The Bertz CT molecular complexity index is 1180. The average molecular weight is 456 g/mol. The number of likely N-dealkylation sites (tertiary alicyclic amines) is 1. The molecule has 5 nitrogen and oxygen atoms in total. The molecule has 1 amide bonds. The van der Waals surface area contributed by atoms with Gasteiger partial charge in [0.05, 0.1) is 23.8 Å². The number of rotatable bonds is 3. The van der Waals surface area contributed by atoms with Crippen LogP contribution in [0.25, 0.3) is 10.9 Å². The minimum atomic E-state index is -0.568. The maximum absolute atomic E-state index is 13.5. The summed E-state index contributed by atoms with van der Waals surface area (Å²) in [6, 6.07) is 12.9. The first kappa shape index (κ1) is 22.3. The number of halogens is 2. The first-order chi connectivity index (χ1) is 15.1. The van der Waals surface area contributed by atoms with Crippen molar-refractivity contribution in [2.45, 2.75) is 45.3 Å². The number of amides is 1. The molecular weight excluding hydrogens is 429 g/mol. The summed E-state index contributed by atoms with van der Waals surface area (Å²) in [4.78, 5) is 18.7. The quantitative estimate of drug-likeness (QED) is 0.504. The normalized spacial score (nSPS) is 18.8. The van der Waals surface area contributed by atoms with Gasteiger partial charge in [0.1, 0.15) is 11.4 Å². The predicted octanol–water partition coefficient (Wildman–Crippen LogP) is 6.28.